The van der Waals surface area contributed by atoms with Gasteiger partial charge in [0.25, 0.3) is 5.91 Å². The molecule has 1 amide bonds. The predicted octanol–water partition coefficient (Wildman–Crippen LogP) is 5.40. The number of rotatable bonds is 6. The maximum atomic E-state index is 12.7. The van der Waals surface area contributed by atoms with Gasteiger partial charge in [-0.3, -0.25) is 9.78 Å². The Morgan fingerprint density at radius 2 is 1.69 bits per heavy atom. The normalized spacial score (nSPS) is 14.1. The third-order valence-corrected chi connectivity index (χ3v) is 6.96. The average Bonchev–Trinajstić information content (AvgIpc) is 3.21. The highest BCUT2D eigenvalue weighted by Gasteiger charge is 2.18. The van der Waals surface area contributed by atoms with Gasteiger partial charge in [0.05, 0.1) is 23.8 Å². The molecule has 4 aromatic rings. The van der Waals surface area contributed by atoms with Crippen LogP contribution in [-0.2, 0) is 12.3 Å². The monoisotopic (exact) mass is 442 g/mol. The van der Waals surface area contributed by atoms with E-state index in [9.17, 15) is 4.79 Å². The van der Waals surface area contributed by atoms with Gasteiger partial charge in [-0.05, 0) is 48.6 Å². The molecule has 0 unspecified atom stereocenters. The summed E-state index contributed by atoms with van der Waals surface area (Å²) in [5.74, 6) is 0.949. The number of pyridine rings is 1. The Balaban J connectivity index is 1.32. The number of imidazole rings is 1. The lowest BCUT2D eigenvalue weighted by atomic mass is 10.1. The molecule has 0 spiro atoms. The summed E-state index contributed by atoms with van der Waals surface area (Å²) in [5, 5.41) is 0.977. The molecule has 0 radical (unpaired) electrons. The third kappa shape index (κ3) is 4.55. The predicted molar refractivity (Wildman–Crippen MR) is 129 cm³/mol. The highest BCUT2D eigenvalue weighted by molar-refractivity contribution is 7.98. The van der Waals surface area contributed by atoms with E-state index in [1.807, 2.05) is 35.4 Å². The van der Waals surface area contributed by atoms with Crippen LogP contribution in [0.2, 0.25) is 0 Å². The summed E-state index contributed by atoms with van der Waals surface area (Å²) in [6, 6.07) is 20.4. The van der Waals surface area contributed by atoms with Crippen molar-refractivity contribution in [2.24, 2.45) is 0 Å². The second-order valence-electron chi connectivity index (χ2n) is 8.17. The van der Waals surface area contributed by atoms with Crippen LogP contribution in [-0.4, -0.2) is 38.4 Å². The van der Waals surface area contributed by atoms with Crippen molar-refractivity contribution in [1.82, 2.24) is 19.4 Å². The van der Waals surface area contributed by atoms with E-state index in [4.69, 9.17) is 4.98 Å². The van der Waals surface area contributed by atoms with Crippen LogP contribution in [0, 0.1) is 0 Å². The zero-order valence-corrected chi connectivity index (χ0v) is 18.8. The molecule has 1 saturated heterocycles. The van der Waals surface area contributed by atoms with Gasteiger partial charge in [0.2, 0.25) is 0 Å². The Morgan fingerprint density at radius 1 is 0.906 bits per heavy atom. The molecule has 3 heterocycles. The Kier molecular flexibility index (Phi) is 6.21. The summed E-state index contributed by atoms with van der Waals surface area (Å²) >= 11 is 1.72. The average molecular weight is 443 g/mol. The topological polar surface area (TPSA) is 51.0 Å². The first-order chi connectivity index (χ1) is 15.8. The van der Waals surface area contributed by atoms with Crippen LogP contribution in [0.15, 0.2) is 78.2 Å². The molecule has 0 saturated carbocycles. The van der Waals surface area contributed by atoms with E-state index in [1.54, 1.807) is 18.0 Å². The lowest BCUT2D eigenvalue weighted by molar-refractivity contribution is 0.0724. The van der Waals surface area contributed by atoms with Crippen LogP contribution in [0.25, 0.3) is 11.0 Å². The minimum Gasteiger partial charge on any atom is -0.339 e. The van der Waals surface area contributed by atoms with Crippen molar-refractivity contribution in [3.63, 3.8) is 0 Å². The first-order valence-corrected chi connectivity index (χ1v) is 12.1. The molecule has 0 atom stereocenters. The Morgan fingerprint density at radius 3 is 2.47 bits per heavy atom. The summed E-state index contributed by atoms with van der Waals surface area (Å²) in [6.07, 6.45) is 7.12. The van der Waals surface area contributed by atoms with Gasteiger partial charge in [-0.2, -0.15) is 0 Å². The maximum absolute atomic E-state index is 12.7. The third-order valence-electron chi connectivity index (χ3n) is 5.91. The van der Waals surface area contributed by atoms with Gasteiger partial charge in [-0.15, -0.1) is 0 Å². The summed E-state index contributed by atoms with van der Waals surface area (Å²) in [6.45, 7) is 2.51. The molecule has 32 heavy (non-hydrogen) atoms. The summed E-state index contributed by atoms with van der Waals surface area (Å²) in [4.78, 5) is 23.9. The van der Waals surface area contributed by atoms with Crippen molar-refractivity contribution in [3.05, 3.63) is 89.7 Å². The molecule has 1 aliphatic heterocycles. The van der Waals surface area contributed by atoms with E-state index in [0.29, 0.717) is 0 Å². The Bertz CT molecular complexity index is 1200. The van der Waals surface area contributed by atoms with E-state index in [2.05, 4.69) is 45.9 Å². The number of benzene rings is 2. The minimum absolute atomic E-state index is 0.154. The van der Waals surface area contributed by atoms with Gasteiger partial charge in [0.15, 0.2) is 5.16 Å². The largest absolute Gasteiger partial charge is 0.339 e. The Hall–Kier alpha value is -3.12. The number of hydrogen-bond donors (Lipinski definition) is 0. The molecule has 2 aromatic heterocycles. The number of amides is 1. The number of nitrogens with zero attached hydrogens (tertiary/aromatic N) is 4. The molecule has 2 aromatic carbocycles. The minimum atomic E-state index is 0.154. The molecule has 1 aliphatic rings. The second-order valence-corrected chi connectivity index (χ2v) is 9.11. The molecule has 5 nitrogen and oxygen atoms in total. The second kappa shape index (κ2) is 9.57. The number of piperidine rings is 1. The van der Waals surface area contributed by atoms with Crippen LogP contribution >= 0.6 is 11.8 Å². The van der Waals surface area contributed by atoms with Crippen LogP contribution in [0.4, 0.5) is 0 Å². The van der Waals surface area contributed by atoms with Crippen LogP contribution in [0.5, 0.6) is 0 Å². The van der Waals surface area contributed by atoms with E-state index in [-0.39, 0.29) is 5.91 Å². The molecule has 0 N–H and O–H groups in total. The number of carbonyl (C=O) groups excluding carboxylic acids is 1. The molecule has 162 valence electrons. The number of thioether (sulfide) groups is 1. The summed E-state index contributed by atoms with van der Waals surface area (Å²) in [7, 11) is 0. The lowest BCUT2D eigenvalue weighted by Crippen LogP contribution is -2.35. The van der Waals surface area contributed by atoms with Crippen molar-refractivity contribution in [1.29, 1.82) is 0 Å². The van der Waals surface area contributed by atoms with Crippen LogP contribution < -0.4 is 0 Å². The molecule has 0 bridgehead atoms. The van der Waals surface area contributed by atoms with Gasteiger partial charge in [-0.1, -0.05) is 54.2 Å². The van der Waals surface area contributed by atoms with E-state index in [1.165, 1.54) is 17.5 Å². The van der Waals surface area contributed by atoms with Gasteiger partial charge in [0.1, 0.15) is 0 Å². The molecule has 1 fully saturated rings. The van der Waals surface area contributed by atoms with Gasteiger partial charge >= 0.3 is 0 Å². The quantitative estimate of drug-likeness (QED) is 0.375. The number of fused-ring (bicyclic) bond motifs is 1. The number of likely N-dealkylation sites (tertiary alicyclic amines) is 1. The van der Waals surface area contributed by atoms with Crippen molar-refractivity contribution in [2.45, 2.75) is 36.7 Å². The van der Waals surface area contributed by atoms with Crippen LogP contribution in [0.1, 0.15) is 40.7 Å². The summed E-state index contributed by atoms with van der Waals surface area (Å²) < 4.78 is 2.23. The SMILES string of the molecule is O=C(c1ccc(CSc2nc3ccncc3n2Cc2ccccc2)cc1)N1CCCCC1. The number of aromatic nitrogens is 3. The van der Waals surface area contributed by atoms with Crippen molar-refractivity contribution >= 4 is 28.7 Å². The summed E-state index contributed by atoms with van der Waals surface area (Å²) in [5.41, 5.74) is 5.20. The van der Waals surface area contributed by atoms with Crippen molar-refractivity contribution in [2.75, 3.05) is 13.1 Å². The van der Waals surface area contributed by atoms with Crippen LogP contribution in [0.3, 0.4) is 0 Å². The Labute approximate surface area is 192 Å². The lowest BCUT2D eigenvalue weighted by Gasteiger charge is -2.26. The van der Waals surface area contributed by atoms with E-state index in [0.717, 1.165) is 60.0 Å². The zero-order chi connectivity index (χ0) is 21.8. The fraction of sp³-hybridized carbons (Fsp3) is 0.269. The molecule has 6 heteroatoms. The fourth-order valence-corrected chi connectivity index (χ4v) is 5.12. The van der Waals surface area contributed by atoms with E-state index < -0.39 is 0 Å². The first kappa shape index (κ1) is 20.8. The highest BCUT2D eigenvalue weighted by Crippen LogP contribution is 2.27. The van der Waals surface area contributed by atoms with E-state index >= 15 is 0 Å². The fourth-order valence-electron chi connectivity index (χ4n) is 4.15. The maximum Gasteiger partial charge on any atom is 0.253 e. The molecule has 5 rings (SSSR count). The first-order valence-electron chi connectivity index (χ1n) is 11.1. The zero-order valence-electron chi connectivity index (χ0n) is 18.0. The van der Waals surface area contributed by atoms with Crippen molar-refractivity contribution < 1.29 is 4.79 Å². The number of hydrogen-bond acceptors (Lipinski definition) is 4. The smallest absolute Gasteiger partial charge is 0.253 e. The van der Waals surface area contributed by atoms with Gasteiger partial charge < -0.3 is 9.47 Å². The van der Waals surface area contributed by atoms with Gasteiger partial charge in [0, 0.05) is 30.6 Å². The molecule has 0 aliphatic carbocycles. The van der Waals surface area contributed by atoms with Crippen molar-refractivity contribution in [3.8, 4) is 0 Å². The molecular weight excluding hydrogens is 416 g/mol. The van der Waals surface area contributed by atoms with Gasteiger partial charge in [-0.25, -0.2) is 4.98 Å². The highest BCUT2D eigenvalue weighted by atomic mass is 32.2. The standard InChI is InChI=1S/C26H26N4OS/c31-25(29-15-5-2-6-16-29)22-11-9-21(10-12-22)19-32-26-28-23-13-14-27-17-24(23)30(26)18-20-7-3-1-4-8-20/h1,3-4,7-14,17H,2,5-6,15-16,18-19H2. The number of carbonyl (C=O) groups is 1. The molecular formula is C26H26N4OS.